The summed E-state index contributed by atoms with van der Waals surface area (Å²) in [5.41, 5.74) is 0.387. The molecule has 3 N–H and O–H groups in total. The number of carbonyl (C=O) groups excluding carboxylic acids is 3. The summed E-state index contributed by atoms with van der Waals surface area (Å²) in [6.45, 7) is 2.77. The summed E-state index contributed by atoms with van der Waals surface area (Å²) in [5, 5.41) is 12.0. The van der Waals surface area contributed by atoms with Crippen molar-refractivity contribution in [1.82, 2.24) is 25.3 Å². The van der Waals surface area contributed by atoms with E-state index in [-0.39, 0.29) is 34.0 Å². The molecule has 3 amide bonds. The van der Waals surface area contributed by atoms with E-state index >= 15 is 0 Å². The quantitative estimate of drug-likeness (QED) is 0.598. The lowest BCUT2D eigenvalue weighted by Gasteiger charge is -2.32. The van der Waals surface area contributed by atoms with Crippen molar-refractivity contribution in [2.24, 2.45) is 0 Å². The Hall–Kier alpha value is -2.43. The molecule has 0 atom stereocenters. The van der Waals surface area contributed by atoms with E-state index in [1.165, 1.54) is 0 Å². The van der Waals surface area contributed by atoms with Gasteiger partial charge in [-0.15, -0.1) is 0 Å². The molecule has 1 aromatic carbocycles. The van der Waals surface area contributed by atoms with Gasteiger partial charge in [-0.2, -0.15) is 5.10 Å². The van der Waals surface area contributed by atoms with Crippen LogP contribution in [0.3, 0.4) is 0 Å². The average Bonchev–Trinajstić information content (AvgIpc) is 3.07. The fraction of sp³-hybridized carbons (Fsp3) is 0.333. The highest BCUT2D eigenvalue weighted by molar-refractivity contribution is 9.10. The van der Waals surface area contributed by atoms with Gasteiger partial charge in [0.15, 0.2) is 5.82 Å². The molecule has 9 nitrogen and oxygen atoms in total. The number of aromatic nitrogens is 2. The molecule has 0 radical (unpaired) electrons. The maximum Gasteiger partial charge on any atom is 0.270 e. The van der Waals surface area contributed by atoms with E-state index in [9.17, 15) is 14.4 Å². The van der Waals surface area contributed by atoms with E-state index in [4.69, 9.17) is 11.6 Å². The van der Waals surface area contributed by atoms with Crippen LogP contribution >= 0.6 is 27.5 Å². The Bertz CT molecular complexity index is 926. The van der Waals surface area contributed by atoms with E-state index < -0.39 is 11.8 Å². The van der Waals surface area contributed by atoms with Crippen LogP contribution in [0.25, 0.3) is 0 Å². The molecule has 1 aromatic heterocycles. The zero-order valence-electron chi connectivity index (χ0n) is 15.7. The van der Waals surface area contributed by atoms with Gasteiger partial charge in [-0.05, 0) is 35.1 Å². The van der Waals surface area contributed by atoms with E-state index in [0.29, 0.717) is 18.1 Å². The third-order valence-corrected chi connectivity index (χ3v) is 5.64. The van der Waals surface area contributed by atoms with Crippen molar-refractivity contribution in [3.8, 4) is 0 Å². The first-order valence-electron chi connectivity index (χ1n) is 8.91. The largest absolute Gasteiger partial charge is 0.342 e. The second kappa shape index (κ2) is 9.38. The topological polar surface area (TPSA) is 110 Å². The van der Waals surface area contributed by atoms with Crippen molar-refractivity contribution in [1.29, 1.82) is 0 Å². The van der Waals surface area contributed by atoms with Crippen LogP contribution in [-0.4, -0.2) is 77.5 Å². The molecular formula is C18H20BrClN6O3. The molecule has 0 saturated carbocycles. The highest BCUT2D eigenvalue weighted by Gasteiger charge is 2.23. The van der Waals surface area contributed by atoms with E-state index in [1.807, 2.05) is 7.05 Å². The van der Waals surface area contributed by atoms with Crippen LogP contribution in [0.1, 0.15) is 20.8 Å². The van der Waals surface area contributed by atoms with Crippen LogP contribution in [0.4, 0.5) is 5.82 Å². The van der Waals surface area contributed by atoms with E-state index in [1.54, 1.807) is 29.2 Å². The molecule has 1 fully saturated rings. The minimum absolute atomic E-state index is 0.102. The molecule has 11 heteroatoms. The molecule has 0 unspecified atom stereocenters. The van der Waals surface area contributed by atoms with Gasteiger partial charge in [0.2, 0.25) is 5.91 Å². The van der Waals surface area contributed by atoms with E-state index in [0.717, 1.165) is 13.1 Å². The van der Waals surface area contributed by atoms with Crippen LogP contribution < -0.4 is 10.6 Å². The van der Waals surface area contributed by atoms with Gasteiger partial charge in [0.05, 0.1) is 21.6 Å². The number of H-pyrrole nitrogens is 1. The number of hydrogen-bond acceptors (Lipinski definition) is 5. The highest BCUT2D eigenvalue weighted by Crippen LogP contribution is 2.25. The molecule has 1 aliphatic rings. The molecule has 154 valence electrons. The molecule has 1 aliphatic heterocycles. The summed E-state index contributed by atoms with van der Waals surface area (Å²) < 4.78 is 0.280. The van der Waals surface area contributed by atoms with Gasteiger partial charge in [-0.1, -0.05) is 23.7 Å². The molecule has 0 bridgehead atoms. The van der Waals surface area contributed by atoms with Crippen molar-refractivity contribution < 1.29 is 14.4 Å². The Labute approximate surface area is 180 Å². The predicted octanol–water partition coefficient (Wildman–Crippen LogP) is 1.58. The smallest absolute Gasteiger partial charge is 0.270 e. The summed E-state index contributed by atoms with van der Waals surface area (Å²) in [7, 11) is 2.00. The lowest BCUT2D eigenvalue weighted by atomic mass is 10.2. The number of carbonyl (C=O) groups is 3. The van der Waals surface area contributed by atoms with Crippen LogP contribution in [0.15, 0.2) is 28.7 Å². The molecule has 1 saturated heterocycles. The number of nitrogens with zero attached hydrogens (tertiary/aromatic N) is 3. The van der Waals surface area contributed by atoms with Crippen LogP contribution in [0.5, 0.6) is 0 Å². The summed E-state index contributed by atoms with van der Waals surface area (Å²) in [5.74, 6) is -0.968. The average molecular weight is 484 g/mol. The number of piperazine rings is 1. The van der Waals surface area contributed by atoms with Gasteiger partial charge in [-0.3, -0.25) is 19.5 Å². The lowest BCUT2D eigenvalue weighted by Crippen LogP contribution is -2.50. The molecular weight excluding hydrogens is 464 g/mol. The normalized spacial score (nSPS) is 14.5. The minimum atomic E-state index is -0.509. The zero-order chi connectivity index (χ0) is 21.0. The third kappa shape index (κ3) is 5.14. The Kier molecular flexibility index (Phi) is 6.88. The van der Waals surface area contributed by atoms with Crippen molar-refractivity contribution in [2.75, 3.05) is 45.1 Å². The van der Waals surface area contributed by atoms with Gasteiger partial charge in [0, 0.05) is 26.2 Å². The molecule has 2 heterocycles. The fourth-order valence-corrected chi connectivity index (χ4v) is 3.47. The first-order chi connectivity index (χ1) is 13.9. The van der Waals surface area contributed by atoms with Crippen molar-refractivity contribution in [3.05, 3.63) is 45.0 Å². The first-order valence-corrected chi connectivity index (χ1v) is 10.1. The van der Waals surface area contributed by atoms with Crippen molar-refractivity contribution >= 4 is 51.1 Å². The van der Waals surface area contributed by atoms with Crippen molar-refractivity contribution in [2.45, 2.75) is 0 Å². The lowest BCUT2D eigenvalue weighted by molar-refractivity contribution is -0.131. The molecule has 29 heavy (non-hydrogen) atoms. The van der Waals surface area contributed by atoms with Crippen LogP contribution in [-0.2, 0) is 4.79 Å². The second-order valence-corrected chi connectivity index (χ2v) is 7.76. The summed E-state index contributed by atoms with van der Waals surface area (Å²) in [6.07, 6.45) is 0. The summed E-state index contributed by atoms with van der Waals surface area (Å²) in [6, 6.07) is 6.59. The fourth-order valence-electron chi connectivity index (χ4n) is 2.79. The molecule has 0 aliphatic carbocycles. The number of rotatable bonds is 5. The summed E-state index contributed by atoms with van der Waals surface area (Å²) >= 11 is 9.28. The van der Waals surface area contributed by atoms with Gasteiger partial charge in [-0.25, -0.2) is 0 Å². The number of halogens is 2. The number of hydrogen-bond donors (Lipinski definition) is 3. The Morgan fingerprint density at radius 3 is 2.55 bits per heavy atom. The standard InChI is InChI=1S/C18H20BrClN6O3/c1-25-6-8-26(9-7-25)13(27)10-21-18(29)15-14(19)16(24-23-15)22-17(28)11-4-2-3-5-12(11)20/h2-5H,6-10H2,1H3,(H,21,29)(H2,22,23,24,28). The van der Waals surface area contributed by atoms with Crippen molar-refractivity contribution in [3.63, 3.8) is 0 Å². The Balaban J connectivity index is 1.58. The maximum absolute atomic E-state index is 12.4. The molecule has 3 rings (SSSR count). The van der Waals surface area contributed by atoms with E-state index in [2.05, 4.69) is 41.7 Å². The second-order valence-electron chi connectivity index (χ2n) is 6.56. The maximum atomic E-state index is 12.4. The predicted molar refractivity (Wildman–Crippen MR) is 112 cm³/mol. The Morgan fingerprint density at radius 1 is 1.17 bits per heavy atom. The van der Waals surface area contributed by atoms with Gasteiger partial charge < -0.3 is 20.4 Å². The Morgan fingerprint density at radius 2 is 1.86 bits per heavy atom. The van der Waals surface area contributed by atoms with Crippen LogP contribution in [0.2, 0.25) is 5.02 Å². The summed E-state index contributed by atoms with van der Waals surface area (Å²) in [4.78, 5) is 40.9. The van der Waals surface area contributed by atoms with Crippen LogP contribution in [0, 0.1) is 0 Å². The minimum Gasteiger partial charge on any atom is -0.342 e. The number of amides is 3. The SMILES string of the molecule is CN1CCN(C(=O)CNC(=O)c2[nH]nc(NC(=O)c3ccccc3Cl)c2Br)CC1. The number of anilines is 1. The third-order valence-electron chi connectivity index (χ3n) is 4.54. The highest BCUT2D eigenvalue weighted by atomic mass is 79.9. The first kappa shape index (κ1) is 21.3. The molecule has 2 aromatic rings. The number of nitrogens with one attached hydrogen (secondary N) is 3. The van der Waals surface area contributed by atoms with Gasteiger partial charge in [0.1, 0.15) is 5.69 Å². The van der Waals surface area contributed by atoms with Gasteiger partial charge in [0.25, 0.3) is 11.8 Å². The molecule has 0 spiro atoms. The number of likely N-dealkylation sites (N-methyl/N-ethyl adjacent to an activating group) is 1. The zero-order valence-corrected chi connectivity index (χ0v) is 18.0. The number of aromatic amines is 1. The van der Waals surface area contributed by atoms with Gasteiger partial charge >= 0.3 is 0 Å². The number of benzene rings is 1. The monoisotopic (exact) mass is 482 g/mol.